The molecule has 0 aliphatic heterocycles. The maximum absolute atomic E-state index is 12.1. The molecule has 0 bridgehead atoms. The van der Waals surface area contributed by atoms with Gasteiger partial charge in [0, 0.05) is 22.2 Å². The second-order valence-corrected chi connectivity index (χ2v) is 8.32. The molecule has 0 aromatic heterocycles. The molecule has 0 saturated heterocycles. The van der Waals surface area contributed by atoms with Crippen LogP contribution in [0.15, 0.2) is 47.6 Å². The van der Waals surface area contributed by atoms with Gasteiger partial charge in [0.2, 0.25) is 10.0 Å². The van der Waals surface area contributed by atoms with Crippen LogP contribution in [0, 0.1) is 10.1 Å². The van der Waals surface area contributed by atoms with Crippen molar-refractivity contribution in [2.45, 2.75) is 0 Å². The van der Waals surface area contributed by atoms with E-state index >= 15 is 0 Å². The topological polar surface area (TPSA) is 122 Å². The van der Waals surface area contributed by atoms with Crippen molar-refractivity contribution in [1.29, 1.82) is 0 Å². The molecular weight excluding hydrogens is 431 g/mol. The number of nitrogens with zero attached hydrogens (tertiary/aromatic N) is 3. The number of hydrazone groups is 1. The maximum atomic E-state index is 12.1. The highest BCUT2D eigenvalue weighted by Gasteiger charge is 2.21. The van der Waals surface area contributed by atoms with Crippen LogP contribution in [0.25, 0.3) is 0 Å². The third kappa shape index (κ3) is 6.19. The quantitative estimate of drug-likeness (QED) is 0.399. The fraction of sp³-hybridized carbons (Fsp3) is 0.125. The molecule has 0 atom stereocenters. The molecule has 0 heterocycles. The number of rotatable bonds is 7. The van der Waals surface area contributed by atoms with E-state index in [-0.39, 0.29) is 21.4 Å². The average molecular weight is 445 g/mol. The molecule has 1 N–H and O–H groups in total. The standard InChI is InChI=1S/C16H14Cl2N4O5S/c1-28(26,27)21(15-7-12(17)6-13(18)8-15)10-16(23)20-19-9-11-2-4-14(5-3-11)22(24)25/h2-9H,10H2,1H3,(H,20,23)/b19-9-. The Labute approximate surface area is 170 Å². The Morgan fingerprint density at radius 1 is 1.21 bits per heavy atom. The van der Waals surface area contributed by atoms with Gasteiger partial charge in [-0.3, -0.25) is 19.2 Å². The van der Waals surface area contributed by atoms with Crippen LogP contribution in [0.3, 0.4) is 0 Å². The zero-order valence-corrected chi connectivity index (χ0v) is 16.7. The van der Waals surface area contributed by atoms with Gasteiger partial charge in [0.15, 0.2) is 0 Å². The summed E-state index contributed by atoms with van der Waals surface area (Å²) in [5.74, 6) is -0.709. The summed E-state index contributed by atoms with van der Waals surface area (Å²) in [6, 6.07) is 9.63. The second kappa shape index (κ2) is 9.00. The molecule has 2 rings (SSSR count). The molecule has 0 radical (unpaired) electrons. The number of carbonyl (C=O) groups is 1. The highest BCUT2D eigenvalue weighted by Crippen LogP contribution is 2.26. The minimum atomic E-state index is -3.80. The monoisotopic (exact) mass is 444 g/mol. The van der Waals surface area contributed by atoms with Gasteiger partial charge in [0.25, 0.3) is 11.6 Å². The van der Waals surface area contributed by atoms with Gasteiger partial charge in [-0.2, -0.15) is 5.10 Å². The summed E-state index contributed by atoms with van der Waals surface area (Å²) in [7, 11) is -3.80. The van der Waals surface area contributed by atoms with Crippen molar-refractivity contribution in [3.63, 3.8) is 0 Å². The van der Waals surface area contributed by atoms with Gasteiger partial charge < -0.3 is 0 Å². The van der Waals surface area contributed by atoms with E-state index in [0.717, 1.165) is 10.6 Å². The third-order valence-electron chi connectivity index (χ3n) is 3.33. The Kier molecular flexibility index (Phi) is 6.95. The number of nitro groups is 1. The van der Waals surface area contributed by atoms with Crippen LogP contribution >= 0.6 is 23.2 Å². The van der Waals surface area contributed by atoms with E-state index in [9.17, 15) is 23.3 Å². The molecule has 0 aliphatic rings. The van der Waals surface area contributed by atoms with Crippen molar-refractivity contribution in [2.75, 3.05) is 17.1 Å². The summed E-state index contributed by atoms with van der Waals surface area (Å²) in [5.41, 5.74) is 2.76. The molecule has 0 fully saturated rings. The lowest BCUT2D eigenvalue weighted by molar-refractivity contribution is -0.384. The van der Waals surface area contributed by atoms with Crippen molar-refractivity contribution >= 4 is 56.7 Å². The van der Waals surface area contributed by atoms with Crippen LogP contribution in [0.4, 0.5) is 11.4 Å². The first-order chi connectivity index (χ1) is 13.1. The number of halogens is 2. The molecule has 9 nitrogen and oxygen atoms in total. The van der Waals surface area contributed by atoms with E-state index in [1.807, 2.05) is 0 Å². The SMILES string of the molecule is CS(=O)(=O)N(CC(=O)N/N=C\c1ccc([N+](=O)[O-])cc1)c1cc(Cl)cc(Cl)c1. The Bertz CT molecular complexity index is 1010. The summed E-state index contributed by atoms with van der Waals surface area (Å²) >= 11 is 11.8. The predicted molar refractivity (Wildman–Crippen MR) is 107 cm³/mol. The number of carbonyl (C=O) groups excluding carboxylic acids is 1. The first kappa shape index (κ1) is 21.6. The summed E-state index contributed by atoms with van der Waals surface area (Å²) in [6.45, 7) is -0.549. The summed E-state index contributed by atoms with van der Waals surface area (Å²) in [6.07, 6.45) is 2.21. The fourth-order valence-electron chi connectivity index (χ4n) is 2.11. The number of nitro benzene ring substituents is 1. The fourth-order valence-corrected chi connectivity index (χ4v) is 3.46. The van der Waals surface area contributed by atoms with Crippen LogP contribution in [-0.2, 0) is 14.8 Å². The number of sulfonamides is 1. The van der Waals surface area contributed by atoms with E-state index in [4.69, 9.17) is 23.2 Å². The summed E-state index contributed by atoms with van der Waals surface area (Å²) in [5, 5.41) is 14.7. The van der Waals surface area contributed by atoms with Crippen LogP contribution in [0.5, 0.6) is 0 Å². The van der Waals surface area contributed by atoms with Crippen molar-refractivity contribution in [1.82, 2.24) is 5.43 Å². The number of nitrogens with one attached hydrogen (secondary N) is 1. The molecular formula is C16H14Cl2N4O5S. The van der Waals surface area contributed by atoms with Crippen molar-refractivity contribution < 1.29 is 18.1 Å². The number of non-ortho nitro benzene ring substituents is 1. The first-order valence-corrected chi connectivity index (χ1v) is 10.2. The first-order valence-electron chi connectivity index (χ1n) is 7.56. The molecule has 28 heavy (non-hydrogen) atoms. The van der Waals surface area contributed by atoms with E-state index < -0.39 is 27.4 Å². The molecule has 0 unspecified atom stereocenters. The molecule has 12 heteroatoms. The maximum Gasteiger partial charge on any atom is 0.269 e. The van der Waals surface area contributed by atoms with Crippen LogP contribution < -0.4 is 9.73 Å². The molecule has 2 aromatic carbocycles. The van der Waals surface area contributed by atoms with Gasteiger partial charge >= 0.3 is 0 Å². The zero-order valence-electron chi connectivity index (χ0n) is 14.4. The molecule has 0 saturated carbocycles. The molecule has 0 aliphatic carbocycles. The Hall–Kier alpha value is -2.69. The number of hydrogen-bond donors (Lipinski definition) is 1. The van der Waals surface area contributed by atoms with E-state index in [0.29, 0.717) is 5.56 Å². The highest BCUT2D eigenvalue weighted by atomic mass is 35.5. The minimum absolute atomic E-state index is 0.0786. The largest absolute Gasteiger partial charge is 0.271 e. The number of amides is 1. The second-order valence-electron chi connectivity index (χ2n) is 5.54. The van der Waals surface area contributed by atoms with E-state index in [1.54, 1.807) is 0 Å². The van der Waals surface area contributed by atoms with Crippen LogP contribution in [0.2, 0.25) is 10.0 Å². The Morgan fingerprint density at radius 2 is 1.79 bits per heavy atom. The van der Waals surface area contributed by atoms with E-state index in [2.05, 4.69) is 10.5 Å². The van der Waals surface area contributed by atoms with Gasteiger partial charge in [-0.1, -0.05) is 23.2 Å². The number of benzene rings is 2. The van der Waals surface area contributed by atoms with Gasteiger partial charge in [0.05, 0.1) is 23.1 Å². The molecule has 2 aromatic rings. The van der Waals surface area contributed by atoms with Crippen LogP contribution in [-0.4, -0.2) is 38.3 Å². The zero-order chi connectivity index (χ0) is 20.9. The Morgan fingerprint density at radius 3 is 2.29 bits per heavy atom. The lowest BCUT2D eigenvalue weighted by Gasteiger charge is -2.21. The third-order valence-corrected chi connectivity index (χ3v) is 4.91. The van der Waals surface area contributed by atoms with Gasteiger partial charge in [0.1, 0.15) is 6.54 Å². The molecule has 0 spiro atoms. The van der Waals surface area contributed by atoms with Gasteiger partial charge in [-0.05, 0) is 35.9 Å². The average Bonchev–Trinajstić information content (AvgIpc) is 2.58. The number of anilines is 1. The van der Waals surface area contributed by atoms with Crippen molar-refractivity contribution in [2.24, 2.45) is 5.10 Å². The van der Waals surface area contributed by atoms with Crippen LogP contribution in [0.1, 0.15) is 5.56 Å². The number of hydrogen-bond acceptors (Lipinski definition) is 6. The molecule has 148 valence electrons. The van der Waals surface area contributed by atoms with Crippen molar-refractivity contribution in [3.05, 3.63) is 68.2 Å². The summed E-state index contributed by atoms with van der Waals surface area (Å²) in [4.78, 5) is 22.2. The van der Waals surface area contributed by atoms with Gasteiger partial charge in [-0.15, -0.1) is 0 Å². The predicted octanol–water partition coefficient (Wildman–Crippen LogP) is 2.82. The lowest BCUT2D eigenvalue weighted by atomic mass is 10.2. The lowest BCUT2D eigenvalue weighted by Crippen LogP contribution is -2.39. The normalized spacial score (nSPS) is 11.4. The minimum Gasteiger partial charge on any atom is -0.271 e. The van der Waals surface area contributed by atoms with Gasteiger partial charge in [-0.25, -0.2) is 13.8 Å². The highest BCUT2D eigenvalue weighted by molar-refractivity contribution is 7.92. The summed E-state index contributed by atoms with van der Waals surface area (Å²) < 4.78 is 24.9. The van der Waals surface area contributed by atoms with Crippen molar-refractivity contribution in [3.8, 4) is 0 Å². The molecule has 1 amide bonds. The Balaban J connectivity index is 2.08. The van der Waals surface area contributed by atoms with E-state index in [1.165, 1.54) is 48.7 Å². The smallest absolute Gasteiger partial charge is 0.269 e.